The summed E-state index contributed by atoms with van der Waals surface area (Å²) in [6.07, 6.45) is -1.45. The van der Waals surface area contributed by atoms with Crippen LogP contribution in [0.1, 0.15) is 25.0 Å². The maximum Gasteiger partial charge on any atom is 0.222 e. The molecular formula is C17H18FNO2. The molecule has 1 fully saturated rings. The van der Waals surface area contributed by atoms with Crippen molar-refractivity contribution in [1.29, 1.82) is 0 Å². The van der Waals surface area contributed by atoms with Gasteiger partial charge in [0.05, 0.1) is 13.1 Å². The third-order valence-electron chi connectivity index (χ3n) is 3.86. The van der Waals surface area contributed by atoms with Gasteiger partial charge in [-0.2, -0.15) is 0 Å². The monoisotopic (exact) mass is 287 g/mol. The van der Waals surface area contributed by atoms with Crippen LogP contribution in [0.5, 0.6) is 0 Å². The molecule has 4 heteroatoms. The van der Waals surface area contributed by atoms with E-state index in [1.807, 2.05) is 42.5 Å². The maximum absolute atomic E-state index is 13.8. The summed E-state index contributed by atoms with van der Waals surface area (Å²) >= 11 is 0. The first kappa shape index (κ1) is 14.0. The van der Waals surface area contributed by atoms with E-state index >= 15 is 0 Å². The minimum absolute atomic E-state index is 0.0246. The fraction of sp³-hybridized carbons (Fsp3) is 0.353. The molecule has 1 amide bonds. The molecule has 0 aliphatic carbocycles. The number of alkyl halides is 1. The van der Waals surface area contributed by atoms with Crippen LogP contribution in [0.15, 0.2) is 42.5 Å². The third-order valence-corrected chi connectivity index (χ3v) is 3.86. The van der Waals surface area contributed by atoms with Crippen LogP contribution in [0.2, 0.25) is 0 Å². The second-order valence-corrected chi connectivity index (χ2v) is 5.29. The number of carbonyl (C=O) groups is 1. The van der Waals surface area contributed by atoms with E-state index in [0.29, 0.717) is 13.0 Å². The smallest absolute Gasteiger partial charge is 0.222 e. The van der Waals surface area contributed by atoms with Crippen molar-refractivity contribution in [2.24, 2.45) is 0 Å². The van der Waals surface area contributed by atoms with Gasteiger partial charge in [-0.15, -0.1) is 0 Å². The zero-order chi connectivity index (χ0) is 14.8. The second-order valence-electron chi connectivity index (χ2n) is 5.29. The van der Waals surface area contributed by atoms with Crippen molar-refractivity contribution < 1.29 is 13.9 Å². The Balaban J connectivity index is 1.88. The van der Waals surface area contributed by atoms with Gasteiger partial charge in [0.25, 0.3) is 0 Å². The lowest BCUT2D eigenvalue weighted by Crippen LogP contribution is -2.45. The summed E-state index contributed by atoms with van der Waals surface area (Å²) in [5.74, 6) is -0.0354. The highest BCUT2D eigenvalue weighted by atomic mass is 19.1. The molecule has 0 radical (unpaired) electrons. The van der Waals surface area contributed by atoms with Crippen molar-refractivity contribution in [1.82, 2.24) is 4.90 Å². The summed E-state index contributed by atoms with van der Waals surface area (Å²) in [5.41, 5.74) is 0.907. The molecule has 0 aromatic heterocycles. The van der Waals surface area contributed by atoms with Crippen molar-refractivity contribution >= 4 is 16.7 Å². The van der Waals surface area contributed by atoms with Crippen molar-refractivity contribution in [3.8, 4) is 0 Å². The minimum atomic E-state index is -1.43. The molecule has 1 aliphatic rings. The van der Waals surface area contributed by atoms with Gasteiger partial charge < -0.3 is 9.64 Å². The van der Waals surface area contributed by atoms with Gasteiger partial charge in [0.1, 0.15) is 6.10 Å². The highest BCUT2D eigenvalue weighted by Gasteiger charge is 2.30. The Hall–Kier alpha value is -1.94. The Bertz CT molecular complexity index is 658. The van der Waals surface area contributed by atoms with Crippen LogP contribution in [-0.2, 0) is 9.53 Å². The number of fused-ring (bicyclic) bond motifs is 1. The van der Waals surface area contributed by atoms with Gasteiger partial charge in [0, 0.05) is 6.42 Å². The van der Waals surface area contributed by atoms with Gasteiger partial charge in [0.2, 0.25) is 12.3 Å². The summed E-state index contributed by atoms with van der Waals surface area (Å²) in [4.78, 5) is 13.4. The van der Waals surface area contributed by atoms with Crippen molar-refractivity contribution in [3.05, 3.63) is 48.0 Å². The number of hydrogen-bond acceptors (Lipinski definition) is 2. The molecule has 3 nitrogen and oxygen atoms in total. The number of benzene rings is 2. The Labute approximate surface area is 123 Å². The van der Waals surface area contributed by atoms with Gasteiger partial charge in [-0.05, 0) is 22.4 Å². The molecule has 1 saturated heterocycles. The average molecular weight is 287 g/mol. The van der Waals surface area contributed by atoms with Crippen LogP contribution in [0.25, 0.3) is 10.8 Å². The molecule has 0 N–H and O–H groups in total. The van der Waals surface area contributed by atoms with E-state index in [0.717, 1.165) is 16.3 Å². The molecule has 110 valence electrons. The van der Waals surface area contributed by atoms with E-state index in [-0.39, 0.29) is 12.5 Å². The first-order valence-electron chi connectivity index (χ1n) is 7.23. The Kier molecular flexibility index (Phi) is 3.88. The van der Waals surface area contributed by atoms with E-state index in [9.17, 15) is 9.18 Å². The number of nitrogens with zero attached hydrogens (tertiary/aromatic N) is 1. The highest BCUT2D eigenvalue weighted by Crippen LogP contribution is 2.28. The Morgan fingerprint density at radius 2 is 2.00 bits per heavy atom. The van der Waals surface area contributed by atoms with E-state index in [2.05, 4.69) is 0 Å². The number of morpholine rings is 1. The summed E-state index contributed by atoms with van der Waals surface area (Å²) in [5, 5.41) is 2.23. The number of carbonyl (C=O) groups excluding carboxylic acids is 1. The molecule has 2 unspecified atom stereocenters. The predicted molar refractivity (Wildman–Crippen MR) is 79.5 cm³/mol. The first-order chi connectivity index (χ1) is 10.2. The Morgan fingerprint density at radius 3 is 2.76 bits per heavy atom. The lowest BCUT2D eigenvalue weighted by molar-refractivity contribution is -0.165. The van der Waals surface area contributed by atoms with Gasteiger partial charge >= 0.3 is 0 Å². The number of amides is 1. The molecule has 21 heavy (non-hydrogen) atoms. The Morgan fingerprint density at radius 1 is 1.24 bits per heavy atom. The van der Waals surface area contributed by atoms with E-state index < -0.39 is 12.5 Å². The number of ether oxygens (including phenoxy) is 1. The standard InChI is InChI=1S/C17H18FNO2/c1-2-17(20)19-10-15(21-16(18)11-19)14-8-7-12-5-3-4-6-13(12)9-14/h3-9,15-16H,2,10-11H2,1H3. The SMILES string of the molecule is CCC(=O)N1CC(F)OC(c2ccc3ccccc3c2)C1. The van der Waals surface area contributed by atoms with E-state index in [1.54, 1.807) is 11.8 Å². The molecule has 0 bridgehead atoms. The molecule has 2 aromatic rings. The highest BCUT2D eigenvalue weighted by molar-refractivity contribution is 5.83. The summed E-state index contributed by atoms with van der Waals surface area (Å²) in [7, 11) is 0. The summed E-state index contributed by atoms with van der Waals surface area (Å²) in [6.45, 7) is 2.22. The van der Waals surface area contributed by atoms with Crippen LogP contribution in [-0.4, -0.2) is 30.3 Å². The van der Waals surface area contributed by atoms with Crippen LogP contribution in [0, 0.1) is 0 Å². The third kappa shape index (κ3) is 2.90. The minimum Gasteiger partial charge on any atom is -0.337 e. The fourth-order valence-corrected chi connectivity index (χ4v) is 2.73. The van der Waals surface area contributed by atoms with Crippen LogP contribution in [0.4, 0.5) is 4.39 Å². The zero-order valence-corrected chi connectivity index (χ0v) is 12.0. The van der Waals surface area contributed by atoms with Crippen molar-refractivity contribution in [2.45, 2.75) is 25.8 Å². The van der Waals surface area contributed by atoms with Gasteiger partial charge in [-0.1, -0.05) is 43.3 Å². The molecule has 1 aliphatic heterocycles. The maximum atomic E-state index is 13.8. The number of hydrogen-bond donors (Lipinski definition) is 0. The van der Waals surface area contributed by atoms with Crippen LogP contribution >= 0.6 is 0 Å². The normalized spacial score (nSPS) is 22.5. The van der Waals surface area contributed by atoms with Gasteiger partial charge in [-0.3, -0.25) is 4.79 Å². The molecule has 0 saturated carbocycles. The van der Waals surface area contributed by atoms with Crippen molar-refractivity contribution in [2.75, 3.05) is 13.1 Å². The quantitative estimate of drug-likeness (QED) is 0.846. The lowest BCUT2D eigenvalue weighted by atomic mass is 10.0. The van der Waals surface area contributed by atoms with Gasteiger partial charge in [-0.25, -0.2) is 4.39 Å². The molecule has 2 atom stereocenters. The fourth-order valence-electron chi connectivity index (χ4n) is 2.73. The van der Waals surface area contributed by atoms with E-state index in [1.165, 1.54) is 0 Å². The molecular weight excluding hydrogens is 269 g/mol. The average Bonchev–Trinajstić information content (AvgIpc) is 2.53. The summed E-state index contributed by atoms with van der Waals surface area (Å²) < 4.78 is 19.1. The van der Waals surface area contributed by atoms with Crippen molar-refractivity contribution in [3.63, 3.8) is 0 Å². The summed E-state index contributed by atoms with van der Waals surface area (Å²) in [6, 6.07) is 14.0. The molecule has 2 aromatic carbocycles. The molecule has 0 spiro atoms. The number of rotatable bonds is 2. The number of halogens is 1. The first-order valence-corrected chi connectivity index (χ1v) is 7.23. The largest absolute Gasteiger partial charge is 0.337 e. The predicted octanol–water partition coefficient (Wildman–Crippen LogP) is 3.45. The molecule has 3 rings (SSSR count). The zero-order valence-electron chi connectivity index (χ0n) is 12.0. The van der Waals surface area contributed by atoms with Crippen LogP contribution < -0.4 is 0 Å². The topological polar surface area (TPSA) is 29.5 Å². The second kappa shape index (κ2) is 5.82. The molecule has 1 heterocycles. The van der Waals surface area contributed by atoms with Gasteiger partial charge in [0.15, 0.2) is 0 Å². The lowest BCUT2D eigenvalue weighted by Gasteiger charge is -2.35. The van der Waals surface area contributed by atoms with Crippen LogP contribution in [0.3, 0.4) is 0 Å². The van der Waals surface area contributed by atoms with E-state index in [4.69, 9.17) is 4.74 Å².